The van der Waals surface area contributed by atoms with E-state index in [1.54, 1.807) is 23.1 Å². The van der Waals surface area contributed by atoms with Gasteiger partial charge in [-0.1, -0.05) is 40.9 Å². The van der Waals surface area contributed by atoms with Gasteiger partial charge in [0.2, 0.25) is 0 Å². The van der Waals surface area contributed by atoms with E-state index in [1.807, 2.05) is 13.8 Å². The highest BCUT2D eigenvalue weighted by atomic mass is 35.5. The number of benzene rings is 1. The number of carbonyl (C=O) groups is 1. The predicted octanol–water partition coefficient (Wildman–Crippen LogP) is 4.34. The fraction of sp³-hybridized carbons (Fsp3) is 0.294. The molecule has 24 heavy (non-hydrogen) atoms. The SMILES string of the molecule is CCN(CC)C(=O)c1cc(Cl)c(=O)n(Cc2ccc(Cl)c(Cl)c2)c1. The average molecular weight is 388 g/mol. The summed E-state index contributed by atoms with van der Waals surface area (Å²) in [7, 11) is 0. The highest BCUT2D eigenvalue weighted by Crippen LogP contribution is 2.23. The van der Waals surface area contributed by atoms with Gasteiger partial charge in [-0.3, -0.25) is 9.59 Å². The average Bonchev–Trinajstić information content (AvgIpc) is 2.56. The molecule has 0 saturated heterocycles. The normalized spacial score (nSPS) is 10.7. The molecule has 0 bridgehead atoms. The standard InChI is InChI=1S/C17H17Cl3N2O2/c1-3-21(4-2)16(23)12-8-15(20)17(24)22(10-12)9-11-5-6-13(18)14(19)7-11/h5-8,10H,3-4,9H2,1-2H3. The minimum absolute atomic E-state index is 0.00747. The molecule has 1 heterocycles. The van der Waals surface area contributed by atoms with Crippen molar-refractivity contribution in [2.45, 2.75) is 20.4 Å². The Bertz CT molecular complexity index is 814. The van der Waals surface area contributed by atoms with Crippen molar-refractivity contribution in [3.8, 4) is 0 Å². The Morgan fingerprint density at radius 3 is 2.29 bits per heavy atom. The van der Waals surface area contributed by atoms with Crippen molar-refractivity contribution >= 4 is 40.7 Å². The second-order valence-corrected chi connectivity index (χ2v) is 6.46. The van der Waals surface area contributed by atoms with Crippen LogP contribution in [0.4, 0.5) is 0 Å². The summed E-state index contributed by atoms with van der Waals surface area (Å²) in [6.07, 6.45) is 1.53. The zero-order valence-electron chi connectivity index (χ0n) is 13.4. The maximum absolute atomic E-state index is 12.5. The van der Waals surface area contributed by atoms with E-state index in [4.69, 9.17) is 34.8 Å². The van der Waals surface area contributed by atoms with Crippen LogP contribution in [-0.2, 0) is 6.54 Å². The Morgan fingerprint density at radius 2 is 1.71 bits per heavy atom. The maximum atomic E-state index is 12.5. The van der Waals surface area contributed by atoms with Gasteiger partial charge >= 0.3 is 0 Å². The van der Waals surface area contributed by atoms with E-state index in [9.17, 15) is 9.59 Å². The number of hydrogen-bond donors (Lipinski definition) is 0. The third kappa shape index (κ3) is 4.12. The van der Waals surface area contributed by atoms with Gasteiger partial charge in [-0.15, -0.1) is 0 Å². The molecular formula is C17H17Cl3N2O2. The molecule has 1 aromatic carbocycles. The highest BCUT2D eigenvalue weighted by Gasteiger charge is 2.16. The van der Waals surface area contributed by atoms with Gasteiger partial charge in [0.1, 0.15) is 5.02 Å². The molecule has 1 aromatic heterocycles. The van der Waals surface area contributed by atoms with E-state index in [1.165, 1.54) is 16.8 Å². The van der Waals surface area contributed by atoms with E-state index in [2.05, 4.69) is 0 Å². The van der Waals surface area contributed by atoms with Crippen LogP contribution in [0.2, 0.25) is 15.1 Å². The number of nitrogens with zero attached hydrogens (tertiary/aromatic N) is 2. The molecule has 2 rings (SSSR count). The minimum Gasteiger partial charge on any atom is -0.339 e. The molecule has 0 aliphatic carbocycles. The molecule has 128 valence electrons. The number of amides is 1. The van der Waals surface area contributed by atoms with Gasteiger partial charge in [0.15, 0.2) is 0 Å². The first-order chi connectivity index (χ1) is 11.4. The van der Waals surface area contributed by atoms with Crippen molar-refractivity contribution < 1.29 is 4.79 Å². The lowest BCUT2D eigenvalue weighted by atomic mass is 10.2. The van der Waals surface area contributed by atoms with Crippen molar-refractivity contribution in [1.82, 2.24) is 9.47 Å². The number of carbonyl (C=O) groups excluding carboxylic acids is 1. The molecule has 1 amide bonds. The molecule has 0 unspecified atom stereocenters. The lowest BCUT2D eigenvalue weighted by Crippen LogP contribution is -2.32. The maximum Gasteiger partial charge on any atom is 0.269 e. The number of pyridine rings is 1. The summed E-state index contributed by atoms with van der Waals surface area (Å²) in [4.78, 5) is 26.4. The summed E-state index contributed by atoms with van der Waals surface area (Å²) < 4.78 is 1.40. The van der Waals surface area contributed by atoms with Crippen LogP contribution in [0.5, 0.6) is 0 Å². The number of hydrogen-bond acceptors (Lipinski definition) is 2. The zero-order valence-corrected chi connectivity index (χ0v) is 15.6. The van der Waals surface area contributed by atoms with Crippen LogP contribution in [0, 0.1) is 0 Å². The first-order valence-corrected chi connectivity index (χ1v) is 8.64. The second kappa shape index (κ2) is 8.06. The molecule has 0 saturated carbocycles. The van der Waals surface area contributed by atoms with Crippen LogP contribution in [0.25, 0.3) is 0 Å². The Hall–Kier alpha value is -1.49. The van der Waals surface area contributed by atoms with Crippen molar-refractivity contribution in [3.05, 3.63) is 67.0 Å². The summed E-state index contributed by atoms with van der Waals surface area (Å²) in [6, 6.07) is 6.53. The largest absolute Gasteiger partial charge is 0.339 e. The smallest absolute Gasteiger partial charge is 0.269 e. The topological polar surface area (TPSA) is 42.3 Å². The van der Waals surface area contributed by atoms with Gasteiger partial charge in [-0.05, 0) is 37.6 Å². The van der Waals surface area contributed by atoms with Crippen LogP contribution in [0.15, 0.2) is 35.3 Å². The van der Waals surface area contributed by atoms with E-state index < -0.39 is 0 Å². The lowest BCUT2D eigenvalue weighted by Gasteiger charge is -2.19. The van der Waals surface area contributed by atoms with Gasteiger partial charge in [-0.2, -0.15) is 0 Å². The van der Waals surface area contributed by atoms with Crippen LogP contribution in [0.3, 0.4) is 0 Å². The van der Waals surface area contributed by atoms with Gasteiger partial charge in [0.05, 0.1) is 22.2 Å². The molecule has 0 spiro atoms. The monoisotopic (exact) mass is 386 g/mol. The van der Waals surface area contributed by atoms with Crippen LogP contribution >= 0.6 is 34.8 Å². The Morgan fingerprint density at radius 1 is 1.04 bits per heavy atom. The highest BCUT2D eigenvalue weighted by molar-refractivity contribution is 6.42. The third-order valence-corrected chi connectivity index (χ3v) is 4.69. The fourth-order valence-electron chi connectivity index (χ4n) is 2.36. The molecule has 7 heteroatoms. The summed E-state index contributed by atoms with van der Waals surface area (Å²) >= 11 is 17.9. The lowest BCUT2D eigenvalue weighted by molar-refractivity contribution is 0.0772. The zero-order chi connectivity index (χ0) is 17.9. The Kier molecular flexibility index (Phi) is 6.33. The predicted molar refractivity (Wildman–Crippen MR) is 98.5 cm³/mol. The molecule has 0 aliphatic rings. The third-order valence-electron chi connectivity index (χ3n) is 3.68. The summed E-state index contributed by atoms with van der Waals surface area (Å²) in [6.45, 7) is 5.20. The number of aromatic nitrogens is 1. The minimum atomic E-state index is -0.362. The summed E-state index contributed by atoms with van der Waals surface area (Å²) in [5, 5.41) is 0.855. The molecule has 2 aromatic rings. The Balaban J connectivity index is 2.41. The summed E-state index contributed by atoms with van der Waals surface area (Å²) in [5.41, 5.74) is 0.803. The molecule has 0 N–H and O–H groups in total. The second-order valence-electron chi connectivity index (χ2n) is 5.24. The van der Waals surface area contributed by atoms with Crippen LogP contribution in [0.1, 0.15) is 29.8 Å². The Labute approximate surface area is 155 Å². The van der Waals surface area contributed by atoms with Crippen molar-refractivity contribution in [2.75, 3.05) is 13.1 Å². The van der Waals surface area contributed by atoms with E-state index in [0.29, 0.717) is 28.7 Å². The van der Waals surface area contributed by atoms with Gasteiger partial charge in [0.25, 0.3) is 11.5 Å². The van der Waals surface area contributed by atoms with Crippen molar-refractivity contribution in [3.63, 3.8) is 0 Å². The molecule has 4 nitrogen and oxygen atoms in total. The van der Waals surface area contributed by atoms with Crippen LogP contribution in [-0.4, -0.2) is 28.5 Å². The molecule has 0 fully saturated rings. The summed E-state index contributed by atoms with van der Waals surface area (Å²) in [5.74, 6) is -0.162. The first-order valence-electron chi connectivity index (χ1n) is 7.50. The molecule has 0 radical (unpaired) electrons. The first kappa shape index (κ1) is 18.8. The molecule has 0 atom stereocenters. The van der Waals surface area contributed by atoms with Gasteiger partial charge in [-0.25, -0.2) is 0 Å². The number of rotatable bonds is 5. The van der Waals surface area contributed by atoms with Crippen molar-refractivity contribution in [2.24, 2.45) is 0 Å². The van der Waals surface area contributed by atoms with Gasteiger partial charge in [0, 0.05) is 19.3 Å². The fourth-order valence-corrected chi connectivity index (χ4v) is 2.91. The van der Waals surface area contributed by atoms with E-state index >= 15 is 0 Å². The van der Waals surface area contributed by atoms with E-state index in [0.717, 1.165) is 5.56 Å². The van der Waals surface area contributed by atoms with E-state index in [-0.39, 0.29) is 23.0 Å². The quantitative estimate of drug-likeness (QED) is 0.766. The van der Waals surface area contributed by atoms with Crippen LogP contribution < -0.4 is 5.56 Å². The number of halogens is 3. The molecule has 0 aliphatic heterocycles. The van der Waals surface area contributed by atoms with Crippen molar-refractivity contribution in [1.29, 1.82) is 0 Å². The molecular weight excluding hydrogens is 371 g/mol. The van der Waals surface area contributed by atoms with Gasteiger partial charge < -0.3 is 9.47 Å².